The van der Waals surface area contributed by atoms with E-state index >= 15 is 0 Å². The van der Waals surface area contributed by atoms with Crippen molar-refractivity contribution in [3.63, 3.8) is 0 Å². The largest absolute Gasteiger partial charge is 0.478 e. The van der Waals surface area contributed by atoms with Crippen molar-refractivity contribution >= 4 is 17.9 Å². The van der Waals surface area contributed by atoms with E-state index in [0.29, 0.717) is 0 Å². The molecule has 0 aliphatic rings. The lowest BCUT2D eigenvalue weighted by atomic mass is 10.1. The van der Waals surface area contributed by atoms with Crippen molar-refractivity contribution in [2.24, 2.45) is 0 Å². The van der Waals surface area contributed by atoms with E-state index in [0.717, 1.165) is 6.08 Å². The Bertz CT molecular complexity index is 534. The summed E-state index contributed by atoms with van der Waals surface area (Å²) in [6.07, 6.45) is 0.187. The number of carbonyl (C=O) groups excluding carboxylic acids is 2. The maximum absolute atomic E-state index is 11.8. The molecule has 0 aliphatic heterocycles. The van der Waals surface area contributed by atoms with E-state index in [4.69, 9.17) is 14.6 Å². The van der Waals surface area contributed by atoms with Crippen molar-refractivity contribution in [1.29, 1.82) is 0 Å². The Morgan fingerprint density at radius 3 is 2.50 bits per heavy atom. The fourth-order valence-corrected chi connectivity index (χ4v) is 1.34. The van der Waals surface area contributed by atoms with Crippen LogP contribution in [0.4, 0.5) is 0 Å². The van der Waals surface area contributed by atoms with E-state index in [1.54, 1.807) is 6.92 Å². The second-order valence-electron chi connectivity index (χ2n) is 3.77. The first-order valence-electron chi connectivity index (χ1n) is 5.85. The minimum absolute atomic E-state index is 0.0319. The molecule has 0 radical (unpaired) electrons. The van der Waals surface area contributed by atoms with Crippen molar-refractivity contribution < 1.29 is 29.0 Å². The van der Waals surface area contributed by atoms with E-state index in [1.807, 2.05) is 0 Å². The Labute approximate surface area is 115 Å². The average Bonchev–Trinajstić information content (AvgIpc) is 2.46. The molecule has 1 N–H and O–H groups in total. The van der Waals surface area contributed by atoms with Gasteiger partial charge in [-0.1, -0.05) is 19.6 Å². The first kappa shape index (κ1) is 15.4. The molecule has 0 aromatic heterocycles. The molecule has 6 nitrogen and oxygen atoms in total. The van der Waals surface area contributed by atoms with Gasteiger partial charge in [0, 0.05) is 12.5 Å². The average molecular weight is 278 g/mol. The zero-order valence-electron chi connectivity index (χ0n) is 10.9. The minimum atomic E-state index is -1.15. The summed E-state index contributed by atoms with van der Waals surface area (Å²) < 4.78 is 9.77. The van der Waals surface area contributed by atoms with Gasteiger partial charge in [-0.05, 0) is 18.2 Å². The standard InChI is InChI=1S/C14H14O6/c1-3-11(15)19-12(4-2)20-14(18)10-7-5-6-9(8-10)13(16)17/h3,5-8,12H,1,4H2,2H3,(H,16,17). The number of esters is 2. The predicted molar refractivity (Wildman–Crippen MR) is 69.2 cm³/mol. The minimum Gasteiger partial charge on any atom is -0.478 e. The van der Waals surface area contributed by atoms with Gasteiger partial charge in [-0.3, -0.25) is 0 Å². The Morgan fingerprint density at radius 2 is 1.95 bits per heavy atom. The molecule has 1 unspecified atom stereocenters. The quantitative estimate of drug-likeness (QED) is 0.486. The van der Waals surface area contributed by atoms with Crippen LogP contribution in [0.25, 0.3) is 0 Å². The Balaban J connectivity index is 2.79. The van der Waals surface area contributed by atoms with Crippen LogP contribution in [-0.2, 0) is 14.3 Å². The third-order valence-corrected chi connectivity index (χ3v) is 2.33. The molecule has 0 fully saturated rings. The zero-order chi connectivity index (χ0) is 15.1. The van der Waals surface area contributed by atoms with Gasteiger partial charge in [0.15, 0.2) is 0 Å². The van der Waals surface area contributed by atoms with Gasteiger partial charge >= 0.3 is 17.9 Å². The topological polar surface area (TPSA) is 89.9 Å². The number of rotatable bonds is 6. The van der Waals surface area contributed by atoms with E-state index in [1.165, 1.54) is 24.3 Å². The van der Waals surface area contributed by atoms with Crippen molar-refractivity contribution in [3.05, 3.63) is 48.0 Å². The highest BCUT2D eigenvalue weighted by Gasteiger charge is 2.18. The van der Waals surface area contributed by atoms with Crippen LogP contribution in [0.15, 0.2) is 36.9 Å². The predicted octanol–water partition coefficient (Wildman–Crippen LogP) is 2.01. The van der Waals surface area contributed by atoms with Crippen LogP contribution < -0.4 is 0 Å². The molecule has 106 valence electrons. The van der Waals surface area contributed by atoms with Gasteiger partial charge in [-0.2, -0.15) is 0 Å². The molecule has 0 saturated carbocycles. The second kappa shape index (κ2) is 7.08. The lowest BCUT2D eigenvalue weighted by molar-refractivity contribution is -0.162. The van der Waals surface area contributed by atoms with Gasteiger partial charge in [0.25, 0.3) is 0 Å². The van der Waals surface area contributed by atoms with Crippen molar-refractivity contribution in [1.82, 2.24) is 0 Å². The molecule has 1 rings (SSSR count). The first-order valence-corrected chi connectivity index (χ1v) is 5.85. The molecule has 20 heavy (non-hydrogen) atoms. The third kappa shape index (κ3) is 4.24. The van der Waals surface area contributed by atoms with Crippen LogP contribution in [0.1, 0.15) is 34.1 Å². The summed E-state index contributed by atoms with van der Waals surface area (Å²) in [5.41, 5.74) is 0.0357. The lowest BCUT2D eigenvalue weighted by Gasteiger charge is -2.15. The van der Waals surface area contributed by atoms with Gasteiger partial charge in [-0.15, -0.1) is 0 Å². The molecule has 0 amide bonds. The summed E-state index contributed by atoms with van der Waals surface area (Å²) in [6, 6.07) is 5.38. The van der Waals surface area contributed by atoms with Gasteiger partial charge in [-0.25, -0.2) is 14.4 Å². The SMILES string of the molecule is C=CC(=O)OC(CC)OC(=O)c1cccc(C(=O)O)c1. The van der Waals surface area contributed by atoms with Gasteiger partial charge in [0.05, 0.1) is 11.1 Å². The Morgan fingerprint density at radius 1 is 1.30 bits per heavy atom. The molecule has 1 aromatic rings. The van der Waals surface area contributed by atoms with Crippen LogP contribution in [0.3, 0.4) is 0 Å². The number of benzene rings is 1. The summed E-state index contributed by atoms with van der Waals surface area (Å²) >= 11 is 0. The number of ether oxygens (including phenoxy) is 2. The van der Waals surface area contributed by atoms with Crippen LogP contribution in [0.5, 0.6) is 0 Å². The molecule has 1 atom stereocenters. The highest BCUT2D eigenvalue weighted by molar-refractivity contribution is 5.94. The zero-order valence-corrected chi connectivity index (χ0v) is 10.9. The molecule has 0 spiro atoms. The highest BCUT2D eigenvalue weighted by Crippen LogP contribution is 2.10. The number of carbonyl (C=O) groups is 3. The van der Waals surface area contributed by atoms with Crippen LogP contribution in [0.2, 0.25) is 0 Å². The fraction of sp³-hybridized carbons (Fsp3) is 0.214. The summed E-state index contributed by atoms with van der Waals surface area (Å²) in [7, 11) is 0. The Hall–Kier alpha value is -2.63. The van der Waals surface area contributed by atoms with E-state index < -0.39 is 24.2 Å². The van der Waals surface area contributed by atoms with Crippen LogP contribution in [-0.4, -0.2) is 29.3 Å². The molecular formula is C14H14O6. The van der Waals surface area contributed by atoms with Gasteiger partial charge in [0.2, 0.25) is 6.29 Å². The molecule has 1 aromatic carbocycles. The van der Waals surface area contributed by atoms with Crippen molar-refractivity contribution in [2.75, 3.05) is 0 Å². The molecule has 6 heteroatoms. The van der Waals surface area contributed by atoms with Crippen LogP contribution in [0, 0.1) is 0 Å². The van der Waals surface area contributed by atoms with Crippen LogP contribution >= 0.6 is 0 Å². The summed E-state index contributed by atoms with van der Waals surface area (Å²) in [5.74, 6) is -2.62. The normalized spacial score (nSPS) is 11.2. The first-order chi connectivity index (χ1) is 9.47. The second-order valence-corrected chi connectivity index (χ2v) is 3.77. The van der Waals surface area contributed by atoms with E-state index in [2.05, 4.69) is 6.58 Å². The lowest BCUT2D eigenvalue weighted by Crippen LogP contribution is -2.23. The maximum atomic E-state index is 11.8. The molecule has 0 aliphatic carbocycles. The van der Waals surface area contributed by atoms with Crippen molar-refractivity contribution in [2.45, 2.75) is 19.6 Å². The van der Waals surface area contributed by atoms with E-state index in [-0.39, 0.29) is 17.5 Å². The number of hydrogen-bond donors (Lipinski definition) is 1. The molecule has 0 saturated heterocycles. The molecular weight excluding hydrogens is 264 g/mol. The van der Waals surface area contributed by atoms with Crippen molar-refractivity contribution in [3.8, 4) is 0 Å². The molecule has 0 heterocycles. The summed E-state index contributed by atoms with van der Waals surface area (Å²) in [6.45, 7) is 4.90. The highest BCUT2D eigenvalue weighted by atomic mass is 16.7. The Kier molecular flexibility index (Phi) is 5.46. The molecule has 0 bridgehead atoms. The number of carboxylic acids is 1. The van der Waals surface area contributed by atoms with Gasteiger partial charge in [0.1, 0.15) is 0 Å². The smallest absolute Gasteiger partial charge is 0.341 e. The maximum Gasteiger partial charge on any atom is 0.341 e. The van der Waals surface area contributed by atoms with Gasteiger partial charge < -0.3 is 14.6 Å². The summed E-state index contributed by atoms with van der Waals surface area (Å²) in [5, 5.41) is 8.84. The number of aromatic carboxylic acids is 1. The number of carboxylic acid groups (broad SMARTS) is 1. The fourth-order valence-electron chi connectivity index (χ4n) is 1.34. The number of hydrogen-bond acceptors (Lipinski definition) is 5. The third-order valence-electron chi connectivity index (χ3n) is 2.33. The monoisotopic (exact) mass is 278 g/mol. The van der Waals surface area contributed by atoms with E-state index in [9.17, 15) is 14.4 Å². The summed E-state index contributed by atoms with van der Waals surface area (Å²) in [4.78, 5) is 33.7.